The molecule has 172 valence electrons. The zero-order chi connectivity index (χ0) is 23.5. The van der Waals surface area contributed by atoms with Crippen LogP contribution in [-0.2, 0) is 0 Å². The third kappa shape index (κ3) is 4.67. The van der Waals surface area contributed by atoms with E-state index >= 15 is 0 Å². The van der Waals surface area contributed by atoms with Crippen LogP contribution in [0.5, 0.6) is 11.5 Å². The van der Waals surface area contributed by atoms with Gasteiger partial charge in [-0.3, -0.25) is 4.79 Å². The predicted molar refractivity (Wildman–Crippen MR) is 122 cm³/mol. The Morgan fingerprint density at radius 3 is 2.64 bits per heavy atom. The van der Waals surface area contributed by atoms with Gasteiger partial charge in [0, 0.05) is 24.7 Å². The van der Waals surface area contributed by atoms with E-state index in [2.05, 4.69) is 10.00 Å². The number of primary amides is 1. The zero-order valence-corrected chi connectivity index (χ0v) is 18.2. The molecule has 9 heteroatoms. The van der Waals surface area contributed by atoms with E-state index in [1.165, 1.54) is 6.07 Å². The number of rotatable bonds is 6. The Kier molecular flexibility index (Phi) is 6.30. The van der Waals surface area contributed by atoms with Crippen molar-refractivity contribution in [3.05, 3.63) is 71.9 Å². The van der Waals surface area contributed by atoms with Gasteiger partial charge in [-0.1, -0.05) is 6.08 Å². The molecule has 1 aliphatic heterocycles. The fourth-order valence-electron chi connectivity index (χ4n) is 4.07. The molecule has 0 unspecified atom stereocenters. The SMILES string of the molecule is CC=CN1CCC[C@H](n2nc(-c3ccc(Oc4ccc(F)cc4F)cc3)c(C(N)=O)c2N)C1. The summed E-state index contributed by atoms with van der Waals surface area (Å²) in [7, 11) is 0. The fourth-order valence-corrected chi connectivity index (χ4v) is 4.07. The second-order valence-electron chi connectivity index (χ2n) is 7.89. The number of ether oxygens (including phenoxy) is 1. The Morgan fingerprint density at radius 1 is 1.21 bits per heavy atom. The van der Waals surface area contributed by atoms with Gasteiger partial charge < -0.3 is 21.1 Å². The highest BCUT2D eigenvalue weighted by molar-refractivity contribution is 6.03. The normalized spacial score (nSPS) is 16.3. The van der Waals surface area contributed by atoms with Gasteiger partial charge in [-0.25, -0.2) is 13.5 Å². The zero-order valence-electron chi connectivity index (χ0n) is 18.2. The smallest absolute Gasteiger partial charge is 0.254 e. The Balaban J connectivity index is 1.63. The van der Waals surface area contributed by atoms with Crippen LogP contribution in [-0.4, -0.2) is 33.7 Å². The first-order valence-electron chi connectivity index (χ1n) is 10.7. The third-order valence-electron chi connectivity index (χ3n) is 5.58. The molecule has 4 rings (SSSR count). The minimum Gasteiger partial charge on any atom is -0.454 e. The maximum Gasteiger partial charge on any atom is 0.254 e. The number of carbonyl (C=O) groups excluding carboxylic acids is 1. The average Bonchev–Trinajstić information content (AvgIpc) is 3.14. The first-order chi connectivity index (χ1) is 15.9. The topological polar surface area (TPSA) is 99.4 Å². The summed E-state index contributed by atoms with van der Waals surface area (Å²) < 4.78 is 34.2. The van der Waals surface area contributed by atoms with Crippen LogP contribution in [0.25, 0.3) is 11.3 Å². The molecule has 1 amide bonds. The number of allylic oxidation sites excluding steroid dienone is 1. The van der Waals surface area contributed by atoms with Crippen molar-refractivity contribution in [3.8, 4) is 22.8 Å². The molecule has 0 bridgehead atoms. The monoisotopic (exact) mass is 453 g/mol. The molecule has 0 saturated carbocycles. The fraction of sp³-hybridized carbons (Fsp3) is 0.250. The van der Waals surface area contributed by atoms with Crippen molar-refractivity contribution in [2.75, 3.05) is 18.8 Å². The molecule has 1 fully saturated rings. The molecule has 1 aliphatic rings. The molecular formula is C24H25F2N5O2. The second-order valence-corrected chi connectivity index (χ2v) is 7.89. The third-order valence-corrected chi connectivity index (χ3v) is 5.58. The van der Waals surface area contributed by atoms with Crippen molar-refractivity contribution in [1.29, 1.82) is 0 Å². The molecule has 2 aromatic carbocycles. The number of nitrogens with zero attached hydrogens (tertiary/aromatic N) is 3. The van der Waals surface area contributed by atoms with Gasteiger partial charge in [-0.05, 0) is 62.4 Å². The molecule has 2 heterocycles. The first kappa shape index (κ1) is 22.3. The summed E-state index contributed by atoms with van der Waals surface area (Å²) in [6.07, 6.45) is 5.87. The number of aromatic nitrogens is 2. The van der Waals surface area contributed by atoms with Crippen LogP contribution >= 0.6 is 0 Å². The van der Waals surface area contributed by atoms with Crippen LogP contribution in [0, 0.1) is 11.6 Å². The quantitative estimate of drug-likeness (QED) is 0.574. The van der Waals surface area contributed by atoms with E-state index in [4.69, 9.17) is 16.2 Å². The van der Waals surface area contributed by atoms with Crippen LogP contribution in [0.3, 0.4) is 0 Å². The Bertz CT molecular complexity index is 1190. The van der Waals surface area contributed by atoms with Crippen molar-refractivity contribution in [3.63, 3.8) is 0 Å². The molecule has 33 heavy (non-hydrogen) atoms. The van der Waals surface area contributed by atoms with Crippen molar-refractivity contribution >= 4 is 11.7 Å². The molecular weight excluding hydrogens is 428 g/mol. The van der Waals surface area contributed by atoms with Gasteiger partial charge in [0.2, 0.25) is 0 Å². The number of halogens is 2. The lowest BCUT2D eigenvalue weighted by Crippen LogP contribution is -2.34. The number of amides is 1. The summed E-state index contributed by atoms with van der Waals surface area (Å²) in [6, 6.07) is 9.66. The Labute approximate surface area is 190 Å². The standard InChI is InChI=1S/C24H25F2N5O2/c1-2-11-30-12-3-4-17(14-30)31-23(27)21(24(28)32)22(29-31)15-5-8-18(9-6-15)33-20-10-7-16(25)13-19(20)26/h2,5-11,13,17H,3-4,12,14,27H2,1H3,(H2,28,32)/t17-/m0/s1. The van der Waals surface area contributed by atoms with Crippen LogP contribution in [0.15, 0.2) is 54.7 Å². The van der Waals surface area contributed by atoms with Crippen molar-refractivity contribution in [2.45, 2.75) is 25.8 Å². The summed E-state index contributed by atoms with van der Waals surface area (Å²) in [5.41, 5.74) is 13.1. The summed E-state index contributed by atoms with van der Waals surface area (Å²) in [4.78, 5) is 14.4. The van der Waals surface area contributed by atoms with Crippen molar-refractivity contribution < 1.29 is 18.3 Å². The van der Waals surface area contributed by atoms with Gasteiger partial charge in [-0.15, -0.1) is 0 Å². The summed E-state index contributed by atoms with van der Waals surface area (Å²) >= 11 is 0. The first-order valence-corrected chi connectivity index (χ1v) is 10.7. The predicted octanol–water partition coefficient (Wildman–Crippen LogP) is 4.47. The number of hydrogen-bond donors (Lipinski definition) is 2. The summed E-state index contributed by atoms with van der Waals surface area (Å²) in [5, 5.41) is 4.65. The minimum atomic E-state index is -0.805. The Hall–Kier alpha value is -3.88. The summed E-state index contributed by atoms with van der Waals surface area (Å²) in [6.45, 7) is 3.64. The van der Waals surface area contributed by atoms with E-state index in [-0.39, 0.29) is 23.2 Å². The molecule has 0 spiro atoms. The molecule has 1 atom stereocenters. The second kappa shape index (κ2) is 9.32. The summed E-state index contributed by atoms with van der Waals surface area (Å²) in [5.74, 6) is -1.68. The highest BCUT2D eigenvalue weighted by Crippen LogP contribution is 2.33. The lowest BCUT2D eigenvalue weighted by molar-refractivity contribution is 0.100. The largest absolute Gasteiger partial charge is 0.454 e. The number of anilines is 1. The van der Waals surface area contributed by atoms with Gasteiger partial charge in [0.1, 0.15) is 28.6 Å². The van der Waals surface area contributed by atoms with E-state index in [1.807, 2.05) is 19.2 Å². The number of nitrogen functional groups attached to an aromatic ring is 1. The number of benzene rings is 2. The van der Waals surface area contributed by atoms with E-state index in [9.17, 15) is 13.6 Å². The maximum absolute atomic E-state index is 13.9. The van der Waals surface area contributed by atoms with Gasteiger partial charge in [-0.2, -0.15) is 5.10 Å². The molecule has 0 aliphatic carbocycles. The lowest BCUT2D eigenvalue weighted by Gasteiger charge is -2.32. The highest BCUT2D eigenvalue weighted by atomic mass is 19.1. The van der Waals surface area contributed by atoms with E-state index < -0.39 is 17.5 Å². The number of likely N-dealkylation sites (tertiary alicyclic amines) is 1. The number of nitrogens with two attached hydrogens (primary N) is 2. The van der Waals surface area contributed by atoms with Crippen molar-refractivity contribution in [2.24, 2.45) is 5.73 Å². The number of carbonyl (C=O) groups is 1. The van der Waals surface area contributed by atoms with Crippen LogP contribution in [0.2, 0.25) is 0 Å². The Morgan fingerprint density at radius 2 is 1.97 bits per heavy atom. The molecule has 4 N–H and O–H groups in total. The molecule has 0 radical (unpaired) electrons. The van der Waals surface area contributed by atoms with E-state index in [1.54, 1.807) is 28.9 Å². The molecule has 3 aromatic rings. The number of piperidine rings is 1. The van der Waals surface area contributed by atoms with Gasteiger partial charge in [0.25, 0.3) is 5.91 Å². The maximum atomic E-state index is 13.9. The van der Waals surface area contributed by atoms with Crippen molar-refractivity contribution in [1.82, 2.24) is 14.7 Å². The molecule has 1 aromatic heterocycles. The van der Waals surface area contributed by atoms with Gasteiger partial charge >= 0.3 is 0 Å². The molecule has 7 nitrogen and oxygen atoms in total. The van der Waals surface area contributed by atoms with E-state index in [0.29, 0.717) is 17.0 Å². The molecule has 1 saturated heterocycles. The lowest BCUT2D eigenvalue weighted by atomic mass is 10.1. The minimum absolute atomic E-state index is 0.00542. The number of hydrogen-bond acceptors (Lipinski definition) is 5. The van der Waals surface area contributed by atoms with E-state index in [0.717, 1.165) is 38.1 Å². The van der Waals surface area contributed by atoms with Crippen LogP contribution in [0.4, 0.5) is 14.6 Å². The van der Waals surface area contributed by atoms with Gasteiger partial charge in [0.15, 0.2) is 11.6 Å². The highest BCUT2D eigenvalue weighted by Gasteiger charge is 2.28. The van der Waals surface area contributed by atoms with Crippen LogP contribution in [0.1, 0.15) is 36.2 Å². The van der Waals surface area contributed by atoms with Crippen LogP contribution < -0.4 is 16.2 Å². The van der Waals surface area contributed by atoms with Gasteiger partial charge in [0.05, 0.1) is 6.04 Å². The average molecular weight is 453 g/mol.